The lowest BCUT2D eigenvalue weighted by Crippen LogP contribution is -2.11. The highest BCUT2D eigenvalue weighted by Crippen LogP contribution is 2.33. The lowest BCUT2D eigenvalue weighted by molar-refractivity contribution is 0.0525. The molecule has 0 radical (unpaired) electrons. The highest BCUT2D eigenvalue weighted by Gasteiger charge is 2.17. The minimum absolute atomic E-state index is 0.197. The van der Waals surface area contributed by atoms with Gasteiger partial charge in [0.1, 0.15) is 6.10 Å². The second kappa shape index (κ2) is 10.5. The number of benzene rings is 3. The Kier molecular flexibility index (Phi) is 7.50. The van der Waals surface area contributed by atoms with E-state index in [9.17, 15) is 4.79 Å². The van der Waals surface area contributed by atoms with Gasteiger partial charge in [-0.3, -0.25) is 0 Å². The number of hydrogen-bond donors (Lipinski definition) is 0. The molecule has 0 heterocycles. The third-order valence-electron chi connectivity index (χ3n) is 4.89. The highest BCUT2D eigenvalue weighted by atomic mass is 16.5. The quantitative estimate of drug-likeness (QED) is 0.399. The standard InChI is InChI=1S/C26H28O4/c1-4-28-26(27)23-15-16-24(29-18-19(2)21-11-7-5-8-12-21)25(17-23)30-20(3)22-13-9-6-10-14-22/h5-17,19-20H,4,18H2,1-3H3. The average Bonchev–Trinajstić information content (AvgIpc) is 2.79. The maximum atomic E-state index is 12.2. The van der Waals surface area contributed by atoms with E-state index in [2.05, 4.69) is 19.1 Å². The highest BCUT2D eigenvalue weighted by molar-refractivity contribution is 5.90. The summed E-state index contributed by atoms with van der Waals surface area (Å²) in [6, 6.07) is 25.4. The Morgan fingerprint density at radius 2 is 1.47 bits per heavy atom. The maximum absolute atomic E-state index is 12.2. The van der Waals surface area contributed by atoms with E-state index >= 15 is 0 Å². The molecular formula is C26H28O4. The first-order valence-electron chi connectivity index (χ1n) is 10.3. The van der Waals surface area contributed by atoms with E-state index in [4.69, 9.17) is 14.2 Å². The van der Waals surface area contributed by atoms with Gasteiger partial charge < -0.3 is 14.2 Å². The van der Waals surface area contributed by atoms with Crippen LogP contribution in [0.1, 0.15) is 54.3 Å². The van der Waals surface area contributed by atoms with Gasteiger partial charge in [-0.1, -0.05) is 67.6 Å². The Hall–Kier alpha value is -3.27. The molecule has 0 amide bonds. The Morgan fingerprint density at radius 1 is 0.833 bits per heavy atom. The molecule has 4 heteroatoms. The molecule has 2 atom stereocenters. The molecule has 0 saturated carbocycles. The topological polar surface area (TPSA) is 44.8 Å². The first kappa shape index (κ1) is 21.4. The summed E-state index contributed by atoms with van der Waals surface area (Å²) in [6.45, 7) is 6.70. The van der Waals surface area contributed by atoms with Crippen LogP contribution in [0.3, 0.4) is 0 Å². The fraction of sp³-hybridized carbons (Fsp3) is 0.269. The normalized spacial score (nSPS) is 12.6. The van der Waals surface area contributed by atoms with Crippen molar-refractivity contribution in [3.8, 4) is 11.5 Å². The molecule has 30 heavy (non-hydrogen) atoms. The maximum Gasteiger partial charge on any atom is 0.338 e. The second-order valence-corrected chi connectivity index (χ2v) is 7.18. The Bertz CT molecular complexity index is 938. The van der Waals surface area contributed by atoms with Crippen LogP contribution in [-0.2, 0) is 4.74 Å². The van der Waals surface area contributed by atoms with E-state index in [0.717, 1.165) is 5.56 Å². The van der Waals surface area contributed by atoms with Gasteiger partial charge in [0.15, 0.2) is 11.5 Å². The summed E-state index contributed by atoms with van der Waals surface area (Å²) in [6.07, 6.45) is -0.197. The molecule has 156 valence electrons. The van der Waals surface area contributed by atoms with E-state index in [1.807, 2.05) is 55.5 Å². The number of hydrogen-bond acceptors (Lipinski definition) is 4. The van der Waals surface area contributed by atoms with E-state index in [-0.39, 0.29) is 18.0 Å². The van der Waals surface area contributed by atoms with Gasteiger partial charge in [0.2, 0.25) is 0 Å². The summed E-state index contributed by atoms with van der Waals surface area (Å²) in [5.41, 5.74) is 2.69. The van der Waals surface area contributed by atoms with Crippen molar-refractivity contribution in [2.24, 2.45) is 0 Å². The van der Waals surface area contributed by atoms with Gasteiger partial charge >= 0.3 is 5.97 Å². The van der Waals surface area contributed by atoms with Gasteiger partial charge in [0, 0.05) is 5.92 Å². The van der Waals surface area contributed by atoms with Crippen LogP contribution in [0.4, 0.5) is 0 Å². The molecule has 0 spiro atoms. The molecule has 0 aliphatic rings. The Balaban J connectivity index is 1.80. The van der Waals surface area contributed by atoms with Crippen molar-refractivity contribution in [1.82, 2.24) is 0 Å². The molecule has 3 rings (SSSR count). The van der Waals surface area contributed by atoms with Crippen molar-refractivity contribution < 1.29 is 19.0 Å². The predicted octanol–water partition coefficient (Wildman–Crippen LogP) is 6.19. The van der Waals surface area contributed by atoms with Gasteiger partial charge in [-0.25, -0.2) is 4.79 Å². The van der Waals surface area contributed by atoms with Crippen LogP contribution < -0.4 is 9.47 Å². The number of carbonyl (C=O) groups excluding carboxylic acids is 1. The fourth-order valence-corrected chi connectivity index (χ4v) is 3.14. The summed E-state index contributed by atoms with van der Waals surface area (Å²) in [5.74, 6) is 0.972. The predicted molar refractivity (Wildman–Crippen MR) is 118 cm³/mol. The van der Waals surface area contributed by atoms with Crippen molar-refractivity contribution in [1.29, 1.82) is 0 Å². The van der Waals surface area contributed by atoms with Gasteiger partial charge in [-0.05, 0) is 43.2 Å². The lowest BCUT2D eigenvalue weighted by Gasteiger charge is -2.20. The molecule has 2 unspecified atom stereocenters. The SMILES string of the molecule is CCOC(=O)c1ccc(OCC(C)c2ccccc2)c(OC(C)c2ccccc2)c1. The number of ether oxygens (including phenoxy) is 3. The smallest absolute Gasteiger partial charge is 0.338 e. The van der Waals surface area contributed by atoms with Crippen LogP contribution >= 0.6 is 0 Å². The number of esters is 1. The van der Waals surface area contributed by atoms with Crippen molar-refractivity contribution in [3.05, 3.63) is 95.6 Å². The summed E-state index contributed by atoms with van der Waals surface area (Å²) < 4.78 is 17.4. The van der Waals surface area contributed by atoms with Gasteiger partial charge in [-0.2, -0.15) is 0 Å². The molecule has 0 aliphatic carbocycles. The van der Waals surface area contributed by atoms with Crippen molar-refractivity contribution in [2.75, 3.05) is 13.2 Å². The Morgan fingerprint density at radius 3 is 2.10 bits per heavy atom. The van der Waals surface area contributed by atoms with Crippen molar-refractivity contribution in [2.45, 2.75) is 32.8 Å². The zero-order valence-electron chi connectivity index (χ0n) is 17.7. The summed E-state index contributed by atoms with van der Waals surface area (Å²) >= 11 is 0. The first-order valence-corrected chi connectivity index (χ1v) is 10.3. The number of rotatable bonds is 9. The minimum atomic E-state index is -0.376. The monoisotopic (exact) mass is 404 g/mol. The summed E-state index contributed by atoms with van der Waals surface area (Å²) in [7, 11) is 0. The summed E-state index contributed by atoms with van der Waals surface area (Å²) in [4.78, 5) is 12.2. The lowest BCUT2D eigenvalue weighted by atomic mass is 10.0. The average molecular weight is 405 g/mol. The molecule has 0 aliphatic heterocycles. The van der Waals surface area contributed by atoms with E-state index < -0.39 is 0 Å². The minimum Gasteiger partial charge on any atom is -0.489 e. The molecule has 0 bridgehead atoms. The largest absolute Gasteiger partial charge is 0.489 e. The molecule has 0 aromatic heterocycles. The van der Waals surface area contributed by atoms with Crippen molar-refractivity contribution >= 4 is 5.97 Å². The number of carbonyl (C=O) groups is 1. The Labute approximate surface area is 178 Å². The summed E-state index contributed by atoms with van der Waals surface area (Å²) in [5, 5.41) is 0. The van der Waals surface area contributed by atoms with Crippen LogP contribution in [0, 0.1) is 0 Å². The van der Waals surface area contributed by atoms with Crippen LogP contribution in [0.5, 0.6) is 11.5 Å². The fourth-order valence-electron chi connectivity index (χ4n) is 3.14. The molecule has 0 N–H and O–H groups in total. The third kappa shape index (κ3) is 5.63. The molecule has 4 nitrogen and oxygen atoms in total. The molecular weight excluding hydrogens is 376 g/mol. The van der Waals surface area contributed by atoms with Crippen molar-refractivity contribution in [3.63, 3.8) is 0 Å². The zero-order valence-corrected chi connectivity index (χ0v) is 17.7. The van der Waals surface area contributed by atoms with Crippen LogP contribution in [0.15, 0.2) is 78.9 Å². The molecule has 3 aromatic carbocycles. The molecule has 3 aromatic rings. The zero-order chi connectivity index (χ0) is 21.3. The molecule has 0 saturated heterocycles. The van der Waals surface area contributed by atoms with Crippen LogP contribution in [0.2, 0.25) is 0 Å². The van der Waals surface area contributed by atoms with Crippen LogP contribution in [-0.4, -0.2) is 19.2 Å². The van der Waals surface area contributed by atoms with Gasteiger partial charge in [0.05, 0.1) is 18.8 Å². The molecule has 0 fully saturated rings. The van der Waals surface area contributed by atoms with E-state index in [1.165, 1.54) is 5.56 Å². The van der Waals surface area contributed by atoms with Gasteiger partial charge in [-0.15, -0.1) is 0 Å². The van der Waals surface area contributed by atoms with E-state index in [1.54, 1.807) is 25.1 Å². The van der Waals surface area contributed by atoms with Crippen LogP contribution in [0.25, 0.3) is 0 Å². The second-order valence-electron chi connectivity index (χ2n) is 7.18. The first-order chi connectivity index (χ1) is 14.6. The third-order valence-corrected chi connectivity index (χ3v) is 4.89. The van der Waals surface area contributed by atoms with Gasteiger partial charge in [0.25, 0.3) is 0 Å². The van der Waals surface area contributed by atoms with E-state index in [0.29, 0.717) is 30.3 Å².